The highest BCUT2D eigenvalue weighted by atomic mass is 79.9. The van der Waals surface area contributed by atoms with Gasteiger partial charge in [0.15, 0.2) is 18.0 Å². The monoisotopic (exact) mass is 303 g/mol. The summed E-state index contributed by atoms with van der Waals surface area (Å²) in [7, 11) is 1.97. The van der Waals surface area contributed by atoms with E-state index >= 15 is 0 Å². The Hall–Kier alpha value is -1.68. The van der Waals surface area contributed by atoms with E-state index in [0.29, 0.717) is 5.89 Å². The van der Waals surface area contributed by atoms with Gasteiger partial charge in [0.05, 0.1) is 4.47 Å². The maximum atomic E-state index is 5.77. The highest BCUT2D eigenvalue weighted by molar-refractivity contribution is 9.10. The van der Waals surface area contributed by atoms with Gasteiger partial charge in [0, 0.05) is 0 Å². The van der Waals surface area contributed by atoms with E-state index in [0.717, 1.165) is 21.1 Å². The number of aryl methyl sites for hydroxylation is 2. The molecule has 0 N–H and O–H groups in total. The lowest BCUT2D eigenvalue weighted by Gasteiger charge is -1.94. The van der Waals surface area contributed by atoms with Crippen LogP contribution >= 0.6 is 15.9 Å². The van der Waals surface area contributed by atoms with Crippen LogP contribution in [0.1, 0.15) is 5.56 Å². The van der Waals surface area contributed by atoms with Crippen molar-refractivity contribution in [1.29, 1.82) is 0 Å². The van der Waals surface area contributed by atoms with Crippen molar-refractivity contribution in [2.45, 2.75) is 6.92 Å². The van der Waals surface area contributed by atoms with Gasteiger partial charge in [-0.25, -0.2) is 9.55 Å². The summed E-state index contributed by atoms with van der Waals surface area (Å²) in [6, 6.07) is 8.01. The van der Waals surface area contributed by atoms with Gasteiger partial charge in [-0.15, -0.1) is 0 Å². The number of nitrogens with zero attached hydrogens (tertiary/aromatic N) is 2. The Morgan fingerprint density at radius 1 is 1.22 bits per heavy atom. The Morgan fingerprint density at radius 2 is 2.06 bits per heavy atom. The SMILES string of the molecule is Cc1ccc2oc(-c3cc(Br)c[n+](C)c3)nc2c1. The summed E-state index contributed by atoms with van der Waals surface area (Å²) in [6.45, 7) is 2.05. The quantitative estimate of drug-likeness (QED) is 0.645. The zero-order chi connectivity index (χ0) is 12.7. The van der Waals surface area contributed by atoms with Crippen molar-refractivity contribution in [1.82, 2.24) is 4.98 Å². The van der Waals surface area contributed by atoms with Gasteiger partial charge in [-0.1, -0.05) is 6.07 Å². The molecule has 0 bridgehead atoms. The van der Waals surface area contributed by atoms with E-state index < -0.39 is 0 Å². The number of fused-ring (bicyclic) bond motifs is 1. The van der Waals surface area contributed by atoms with Crippen molar-refractivity contribution in [3.8, 4) is 11.5 Å². The average Bonchev–Trinajstić information content (AvgIpc) is 2.70. The third kappa shape index (κ3) is 2.04. The molecule has 0 radical (unpaired) electrons. The first kappa shape index (κ1) is 11.4. The second-order valence-electron chi connectivity index (χ2n) is 4.40. The topological polar surface area (TPSA) is 29.9 Å². The van der Waals surface area contributed by atoms with Crippen LogP contribution in [0.25, 0.3) is 22.6 Å². The highest BCUT2D eigenvalue weighted by Crippen LogP contribution is 2.25. The molecule has 0 aliphatic carbocycles. The molecule has 0 amide bonds. The van der Waals surface area contributed by atoms with Gasteiger partial charge < -0.3 is 4.42 Å². The molecule has 3 aromatic rings. The van der Waals surface area contributed by atoms with Crippen LogP contribution in [0, 0.1) is 6.92 Å². The molecule has 0 saturated carbocycles. The molecule has 0 spiro atoms. The molecule has 3 nitrogen and oxygen atoms in total. The number of benzene rings is 1. The number of oxazole rings is 1. The molecule has 0 atom stereocenters. The number of rotatable bonds is 1. The Balaban J connectivity index is 2.19. The summed E-state index contributed by atoms with van der Waals surface area (Å²) in [5, 5.41) is 0. The predicted molar refractivity (Wildman–Crippen MR) is 73.1 cm³/mol. The van der Waals surface area contributed by atoms with Crippen LogP contribution in [0.5, 0.6) is 0 Å². The van der Waals surface area contributed by atoms with Crippen LogP contribution in [0.2, 0.25) is 0 Å². The van der Waals surface area contributed by atoms with Crippen molar-refractivity contribution in [3.05, 3.63) is 46.7 Å². The summed E-state index contributed by atoms with van der Waals surface area (Å²) >= 11 is 3.48. The molecule has 3 rings (SSSR count). The maximum absolute atomic E-state index is 5.77. The van der Waals surface area contributed by atoms with E-state index in [4.69, 9.17) is 4.42 Å². The van der Waals surface area contributed by atoms with E-state index in [2.05, 4.69) is 20.9 Å². The minimum absolute atomic E-state index is 0.646. The van der Waals surface area contributed by atoms with Crippen molar-refractivity contribution >= 4 is 27.0 Å². The molecule has 2 heterocycles. The normalized spacial score (nSPS) is 11.1. The molecule has 1 aromatic carbocycles. The summed E-state index contributed by atoms with van der Waals surface area (Å²) in [6.07, 6.45) is 3.97. The summed E-state index contributed by atoms with van der Waals surface area (Å²) < 4.78 is 8.75. The fraction of sp³-hybridized carbons (Fsp3) is 0.143. The number of aromatic nitrogens is 2. The highest BCUT2D eigenvalue weighted by Gasteiger charge is 2.12. The van der Waals surface area contributed by atoms with Crippen LogP contribution in [-0.2, 0) is 7.05 Å². The Labute approximate surface area is 113 Å². The van der Waals surface area contributed by atoms with Gasteiger partial charge in [-0.3, -0.25) is 0 Å². The average molecular weight is 304 g/mol. The Bertz CT molecular complexity index is 713. The zero-order valence-electron chi connectivity index (χ0n) is 10.1. The van der Waals surface area contributed by atoms with E-state index in [-0.39, 0.29) is 0 Å². The molecule has 90 valence electrons. The first-order valence-corrected chi connectivity index (χ1v) is 6.44. The van der Waals surface area contributed by atoms with Crippen molar-refractivity contribution in [2.24, 2.45) is 7.05 Å². The number of halogens is 1. The van der Waals surface area contributed by atoms with Crippen LogP contribution in [0.3, 0.4) is 0 Å². The van der Waals surface area contributed by atoms with Gasteiger partial charge >= 0.3 is 0 Å². The number of hydrogen-bond donors (Lipinski definition) is 0. The minimum Gasteiger partial charge on any atom is -0.436 e. The van der Waals surface area contributed by atoms with E-state index in [9.17, 15) is 0 Å². The van der Waals surface area contributed by atoms with Crippen LogP contribution in [0.15, 0.2) is 45.5 Å². The van der Waals surface area contributed by atoms with Crippen molar-refractivity contribution < 1.29 is 8.98 Å². The van der Waals surface area contributed by atoms with Crippen LogP contribution in [-0.4, -0.2) is 4.98 Å². The standard InChI is InChI=1S/C14H12BrN2O/c1-9-3-4-13-12(5-9)16-14(18-13)10-6-11(15)8-17(2)7-10/h3-8H,1-2H3/q+1. The molecular formula is C14H12BrN2O+. The first-order chi connectivity index (χ1) is 8.61. The molecule has 18 heavy (non-hydrogen) atoms. The predicted octanol–water partition coefficient (Wildman–Crippen LogP) is 3.39. The lowest BCUT2D eigenvalue weighted by molar-refractivity contribution is -0.671. The molecule has 0 aliphatic heterocycles. The smallest absolute Gasteiger partial charge is 0.233 e. The Kier molecular flexibility index (Phi) is 2.67. The largest absolute Gasteiger partial charge is 0.436 e. The summed E-state index contributed by atoms with van der Waals surface area (Å²) in [4.78, 5) is 4.53. The van der Waals surface area contributed by atoms with Gasteiger partial charge in [0.25, 0.3) is 0 Å². The molecule has 4 heteroatoms. The summed E-state index contributed by atoms with van der Waals surface area (Å²) in [5.74, 6) is 0.646. The van der Waals surface area contributed by atoms with E-state index in [1.54, 1.807) is 0 Å². The van der Waals surface area contributed by atoms with E-state index in [1.165, 1.54) is 5.56 Å². The fourth-order valence-corrected chi connectivity index (χ4v) is 2.52. The van der Waals surface area contributed by atoms with Crippen molar-refractivity contribution in [3.63, 3.8) is 0 Å². The number of pyridine rings is 1. The molecule has 0 unspecified atom stereocenters. The first-order valence-electron chi connectivity index (χ1n) is 5.65. The van der Waals surface area contributed by atoms with E-state index in [1.807, 2.05) is 55.2 Å². The number of hydrogen-bond acceptors (Lipinski definition) is 2. The lowest BCUT2D eigenvalue weighted by Crippen LogP contribution is -2.26. The Morgan fingerprint density at radius 3 is 2.83 bits per heavy atom. The fourth-order valence-electron chi connectivity index (χ4n) is 1.95. The molecule has 0 fully saturated rings. The summed E-state index contributed by atoms with van der Waals surface area (Å²) in [5.41, 5.74) is 3.86. The van der Waals surface area contributed by atoms with Gasteiger partial charge in [0.2, 0.25) is 5.89 Å². The molecule has 0 aliphatic rings. The zero-order valence-corrected chi connectivity index (χ0v) is 11.7. The van der Waals surface area contributed by atoms with Gasteiger partial charge in [0.1, 0.15) is 18.1 Å². The molecular weight excluding hydrogens is 292 g/mol. The lowest BCUT2D eigenvalue weighted by atomic mass is 10.2. The van der Waals surface area contributed by atoms with Crippen LogP contribution in [0.4, 0.5) is 0 Å². The minimum atomic E-state index is 0.646. The molecule has 2 aromatic heterocycles. The van der Waals surface area contributed by atoms with Gasteiger partial charge in [-0.05, 0) is 46.6 Å². The van der Waals surface area contributed by atoms with Gasteiger partial charge in [-0.2, -0.15) is 0 Å². The maximum Gasteiger partial charge on any atom is 0.233 e. The third-order valence-corrected chi connectivity index (χ3v) is 3.19. The molecule has 0 saturated heterocycles. The second-order valence-corrected chi connectivity index (χ2v) is 5.31. The van der Waals surface area contributed by atoms with Crippen LogP contribution < -0.4 is 4.57 Å². The second kappa shape index (κ2) is 4.21. The van der Waals surface area contributed by atoms with Crippen molar-refractivity contribution in [2.75, 3.05) is 0 Å². The third-order valence-electron chi connectivity index (χ3n) is 2.75.